The molecule has 5 nitrogen and oxygen atoms in total. The number of nitrogens with one attached hydrogen (secondary N) is 2. The number of carbonyl (C=O) groups excluding carboxylic acids is 1. The predicted octanol–water partition coefficient (Wildman–Crippen LogP) is 3.06. The Labute approximate surface area is 124 Å². The highest BCUT2D eigenvalue weighted by Crippen LogP contribution is 2.13. The van der Waals surface area contributed by atoms with Crippen molar-refractivity contribution in [2.45, 2.75) is 33.2 Å². The Morgan fingerprint density at radius 3 is 2.38 bits per heavy atom. The van der Waals surface area contributed by atoms with Gasteiger partial charge >= 0.3 is 0 Å². The molecule has 0 spiro atoms. The lowest BCUT2D eigenvalue weighted by Crippen LogP contribution is -2.32. The summed E-state index contributed by atoms with van der Waals surface area (Å²) in [6.07, 6.45) is 3.95. The van der Waals surface area contributed by atoms with E-state index >= 15 is 0 Å². The Kier molecular flexibility index (Phi) is 4.87. The van der Waals surface area contributed by atoms with Crippen LogP contribution in [0.4, 0.5) is 11.6 Å². The Balaban J connectivity index is 2.01. The van der Waals surface area contributed by atoms with Gasteiger partial charge in [0.25, 0.3) is 5.91 Å². The summed E-state index contributed by atoms with van der Waals surface area (Å²) in [5.41, 5.74) is 2.57. The van der Waals surface area contributed by atoms with Gasteiger partial charge in [-0.1, -0.05) is 24.6 Å². The SMILES string of the molecule is CCC(C)NC(=O)c1cnc(Nc2ccc(C)cc2)nc1. The first-order valence-electron chi connectivity index (χ1n) is 7.05. The van der Waals surface area contributed by atoms with Gasteiger partial charge in [-0.3, -0.25) is 4.79 Å². The topological polar surface area (TPSA) is 66.9 Å². The number of carbonyl (C=O) groups is 1. The number of aromatic nitrogens is 2. The molecule has 5 heteroatoms. The smallest absolute Gasteiger partial charge is 0.254 e. The molecular formula is C16H20N4O. The molecule has 110 valence electrons. The van der Waals surface area contributed by atoms with Crippen LogP contribution in [0, 0.1) is 6.92 Å². The molecule has 1 aromatic carbocycles. The second-order valence-corrected chi connectivity index (χ2v) is 5.07. The molecule has 2 rings (SSSR count). The molecule has 0 aliphatic rings. The normalized spacial score (nSPS) is 11.8. The highest BCUT2D eigenvalue weighted by atomic mass is 16.1. The second-order valence-electron chi connectivity index (χ2n) is 5.07. The van der Waals surface area contributed by atoms with Crippen LogP contribution in [-0.4, -0.2) is 21.9 Å². The fraction of sp³-hybridized carbons (Fsp3) is 0.312. The minimum atomic E-state index is -0.147. The third-order valence-corrected chi connectivity index (χ3v) is 3.21. The first-order valence-corrected chi connectivity index (χ1v) is 7.05. The van der Waals surface area contributed by atoms with Crippen LogP contribution in [0.25, 0.3) is 0 Å². The standard InChI is InChI=1S/C16H20N4O/c1-4-12(3)19-15(21)13-9-17-16(18-10-13)20-14-7-5-11(2)6-8-14/h5-10,12H,4H2,1-3H3,(H,19,21)(H,17,18,20). The van der Waals surface area contributed by atoms with Crippen molar-refractivity contribution >= 4 is 17.5 Å². The van der Waals surface area contributed by atoms with Crippen LogP contribution < -0.4 is 10.6 Å². The molecule has 0 saturated heterocycles. The number of hydrogen-bond donors (Lipinski definition) is 2. The molecule has 1 amide bonds. The van der Waals surface area contributed by atoms with Crippen LogP contribution in [0.1, 0.15) is 36.2 Å². The Morgan fingerprint density at radius 2 is 1.81 bits per heavy atom. The van der Waals surface area contributed by atoms with E-state index in [9.17, 15) is 4.79 Å². The molecule has 0 aliphatic heterocycles. The van der Waals surface area contributed by atoms with Gasteiger partial charge in [-0.05, 0) is 32.4 Å². The molecule has 0 saturated carbocycles. The van der Waals surface area contributed by atoms with Crippen molar-refractivity contribution in [1.82, 2.24) is 15.3 Å². The summed E-state index contributed by atoms with van der Waals surface area (Å²) >= 11 is 0. The Morgan fingerprint density at radius 1 is 1.19 bits per heavy atom. The first-order chi connectivity index (χ1) is 10.1. The zero-order chi connectivity index (χ0) is 15.2. The van der Waals surface area contributed by atoms with Gasteiger partial charge in [0.2, 0.25) is 5.95 Å². The lowest BCUT2D eigenvalue weighted by atomic mass is 10.2. The van der Waals surface area contributed by atoms with Crippen molar-refractivity contribution in [1.29, 1.82) is 0 Å². The zero-order valence-electron chi connectivity index (χ0n) is 12.6. The van der Waals surface area contributed by atoms with E-state index in [1.54, 1.807) is 0 Å². The fourth-order valence-corrected chi connectivity index (χ4v) is 1.69. The molecule has 1 aromatic heterocycles. The number of rotatable bonds is 5. The lowest BCUT2D eigenvalue weighted by Gasteiger charge is -2.11. The van der Waals surface area contributed by atoms with E-state index in [-0.39, 0.29) is 11.9 Å². The Bertz CT molecular complexity index is 593. The Hall–Kier alpha value is -2.43. The number of hydrogen-bond acceptors (Lipinski definition) is 4. The third-order valence-electron chi connectivity index (χ3n) is 3.21. The van der Waals surface area contributed by atoms with E-state index in [0.717, 1.165) is 12.1 Å². The van der Waals surface area contributed by atoms with Crippen LogP contribution in [0.15, 0.2) is 36.7 Å². The van der Waals surface area contributed by atoms with Crippen LogP contribution in [0.2, 0.25) is 0 Å². The number of aryl methyl sites for hydroxylation is 1. The third kappa shape index (κ3) is 4.27. The largest absolute Gasteiger partial charge is 0.350 e. The van der Waals surface area contributed by atoms with Gasteiger partial charge in [0.1, 0.15) is 0 Å². The van der Waals surface area contributed by atoms with Gasteiger partial charge in [0.15, 0.2) is 0 Å². The number of anilines is 2. The summed E-state index contributed by atoms with van der Waals surface area (Å²) < 4.78 is 0. The molecule has 0 fully saturated rings. The molecule has 1 atom stereocenters. The minimum Gasteiger partial charge on any atom is -0.350 e. The van der Waals surface area contributed by atoms with Crippen molar-refractivity contribution in [3.63, 3.8) is 0 Å². The summed E-state index contributed by atoms with van der Waals surface area (Å²) in [7, 11) is 0. The first kappa shape index (κ1) is 15.0. The van der Waals surface area contributed by atoms with Gasteiger partial charge in [-0.25, -0.2) is 9.97 Å². The highest BCUT2D eigenvalue weighted by molar-refractivity contribution is 5.93. The summed E-state index contributed by atoms with van der Waals surface area (Å²) in [6, 6.07) is 8.08. The van der Waals surface area contributed by atoms with Crippen molar-refractivity contribution in [3.8, 4) is 0 Å². The number of nitrogens with zero attached hydrogens (tertiary/aromatic N) is 2. The van der Waals surface area contributed by atoms with Crippen LogP contribution in [0.3, 0.4) is 0 Å². The van der Waals surface area contributed by atoms with Gasteiger partial charge in [-0.15, -0.1) is 0 Å². The summed E-state index contributed by atoms with van der Waals surface area (Å²) in [6.45, 7) is 6.02. The van der Waals surface area contributed by atoms with Crippen LogP contribution >= 0.6 is 0 Å². The van der Waals surface area contributed by atoms with E-state index in [4.69, 9.17) is 0 Å². The van der Waals surface area contributed by atoms with Gasteiger partial charge in [-0.2, -0.15) is 0 Å². The number of benzene rings is 1. The van der Waals surface area contributed by atoms with Gasteiger partial charge in [0.05, 0.1) is 5.56 Å². The minimum absolute atomic E-state index is 0.142. The number of amides is 1. The monoisotopic (exact) mass is 284 g/mol. The summed E-state index contributed by atoms with van der Waals surface area (Å²) in [5, 5.41) is 5.98. The van der Waals surface area contributed by atoms with E-state index < -0.39 is 0 Å². The maximum atomic E-state index is 11.9. The molecular weight excluding hydrogens is 264 g/mol. The van der Waals surface area contributed by atoms with E-state index in [1.165, 1.54) is 18.0 Å². The van der Waals surface area contributed by atoms with Crippen molar-refractivity contribution in [2.75, 3.05) is 5.32 Å². The fourth-order valence-electron chi connectivity index (χ4n) is 1.69. The average Bonchev–Trinajstić information content (AvgIpc) is 2.50. The average molecular weight is 284 g/mol. The molecule has 0 radical (unpaired) electrons. The molecule has 2 aromatic rings. The quantitative estimate of drug-likeness (QED) is 0.885. The highest BCUT2D eigenvalue weighted by Gasteiger charge is 2.09. The van der Waals surface area contributed by atoms with E-state index in [0.29, 0.717) is 11.5 Å². The zero-order valence-corrected chi connectivity index (χ0v) is 12.6. The van der Waals surface area contributed by atoms with Crippen molar-refractivity contribution < 1.29 is 4.79 Å². The molecule has 1 unspecified atom stereocenters. The maximum absolute atomic E-state index is 11.9. The van der Waals surface area contributed by atoms with Crippen molar-refractivity contribution in [3.05, 3.63) is 47.8 Å². The van der Waals surface area contributed by atoms with E-state index in [1.807, 2.05) is 45.0 Å². The molecule has 0 aliphatic carbocycles. The van der Waals surface area contributed by atoms with Gasteiger partial charge in [0, 0.05) is 24.1 Å². The van der Waals surface area contributed by atoms with Crippen molar-refractivity contribution in [2.24, 2.45) is 0 Å². The maximum Gasteiger partial charge on any atom is 0.254 e. The second kappa shape index (κ2) is 6.83. The lowest BCUT2D eigenvalue weighted by molar-refractivity contribution is 0.0938. The predicted molar refractivity (Wildman–Crippen MR) is 83.7 cm³/mol. The van der Waals surface area contributed by atoms with Gasteiger partial charge < -0.3 is 10.6 Å². The van der Waals surface area contributed by atoms with Crippen LogP contribution in [0.5, 0.6) is 0 Å². The molecule has 21 heavy (non-hydrogen) atoms. The summed E-state index contributed by atoms with van der Waals surface area (Å²) in [5.74, 6) is 0.324. The summed E-state index contributed by atoms with van der Waals surface area (Å²) in [4.78, 5) is 20.2. The molecule has 0 bridgehead atoms. The molecule has 2 N–H and O–H groups in total. The van der Waals surface area contributed by atoms with Crippen LogP contribution in [-0.2, 0) is 0 Å². The van der Waals surface area contributed by atoms with E-state index in [2.05, 4.69) is 20.6 Å². The molecule has 1 heterocycles.